The van der Waals surface area contributed by atoms with E-state index in [0.717, 1.165) is 24.2 Å². The lowest BCUT2D eigenvalue weighted by molar-refractivity contribution is -0.0180. The molecule has 1 amide bonds. The Balaban J connectivity index is 1.88. The zero-order valence-electron chi connectivity index (χ0n) is 14.4. The van der Waals surface area contributed by atoms with Crippen molar-refractivity contribution in [2.45, 2.75) is 31.4 Å². The highest BCUT2D eigenvalue weighted by Crippen LogP contribution is 2.36. The van der Waals surface area contributed by atoms with Crippen LogP contribution < -0.4 is 4.74 Å². The van der Waals surface area contributed by atoms with Crippen LogP contribution in [0.5, 0.6) is 5.75 Å². The molecule has 1 N–H and O–H groups in total. The number of hydrogen-bond donors (Lipinski definition) is 1. The smallest absolute Gasteiger partial charge is 0.270 e. The quantitative estimate of drug-likeness (QED) is 0.938. The number of aliphatic hydroxyl groups is 1. The van der Waals surface area contributed by atoms with E-state index in [0.29, 0.717) is 12.2 Å². The molecule has 0 bridgehead atoms. The monoisotopic (exact) mass is 328 g/mol. The van der Waals surface area contributed by atoms with Crippen molar-refractivity contribution in [3.63, 3.8) is 0 Å². The molecule has 1 aromatic carbocycles. The Morgan fingerprint density at radius 2 is 2.00 bits per heavy atom. The highest BCUT2D eigenvalue weighted by molar-refractivity contribution is 5.93. The second kappa shape index (κ2) is 6.32. The van der Waals surface area contributed by atoms with E-state index in [1.165, 1.54) is 0 Å². The van der Waals surface area contributed by atoms with Crippen LogP contribution in [-0.4, -0.2) is 40.2 Å². The number of likely N-dealkylation sites (tertiary alicyclic amines) is 1. The molecule has 5 nitrogen and oxygen atoms in total. The molecule has 0 radical (unpaired) electrons. The Morgan fingerprint density at radius 1 is 1.29 bits per heavy atom. The summed E-state index contributed by atoms with van der Waals surface area (Å²) >= 11 is 0. The van der Waals surface area contributed by atoms with Crippen LogP contribution in [0.15, 0.2) is 42.6 Å². The first-order valence-electron chi connectivity index (χ1n) is 8.24. The second-order valence-electron chi connectivity index (χ2n) is 6.54. The van der Waals surface area contributed by atoms with E-state index in [2.05, 4.69) is 0 Å². The molecular formula is C19H24N2O3. The third kappa shape index (κ3) is 2.80. The van der Waals surface area contributed by atoms with Gasteiger partial charge in [0.15, 0.2) is 0 Å². The van der Waals surface area contributed by atoms with Gasteiger partial charge in [-0.15, -0.1) is 0 Å². The molecule has 2 unspecified atom stereocenters. The molecule has 128 valence electrons. The van der Waals surface area contributed by atoms with Gasteiger partial charge in [-0.1, -0.05) is 12.1 Å². The lowest BCUT2D eigenvalue weighted by Crippen LogP contribution is -2.48. The van der Waals surface area contributed by atoms with Crippen molar-refractivity contribution in [1.29, 1.82) is 0 Å². The molecule has 1 aromatic heterocycles. The first-order valence-corrected chi connectivity index (χ1v) is 8.24. The highest BCUT2D eigenvalue weighted by atomic mass is 16.5. The standard InChI is InChI=1S/C19H24N2O3/c1-19(23,14-8-10-15(24-3)11-9-14)17-7-5-13-21(17)18(22)16-6-4-12-20(16)2/h4,6,8-12,17,23H,5,7,13H2,1-3H3. The number of hydrogen-bond acceptors (Lipinski definition) is 3. The van der Waals surface area contributed by atoms with Crippen LogP contribution in [0.25, 0.3) is 0 Å². The number of ether oxygens (including phenoxy) is 1. The van der Waals surface area contributed by atoms with Gasteiger partial charge in [-0.05, 0) is 49.6 Å². The topological polar surface area (TPSA) is 54.7 Å². The Morgan fingerprint density at radius 3 is 2.58 bits per heavy atom. The van der Waals surface area contributed by atoms with Gasteiger partial charge in [-0.2, -0.15) is 0 Å². The molecule has 1 aliphatic heterocycles. The van der Waals surface area contributed by atoms with Gasteiger partial charge < -0.3 is 19.3 Å². The number of amides is 1. The fourth-order valence-electron chi connectivity index (χ4n) is 3.55. The number of carbonyl (C=O) groups excluding carboxylic acids is 1. The van der Waals surface area contributed by atoms with E-state index in [4.69, 9.17) is 4.74 Å². The summed E-state index contributed by atoms with van der Waals surface area (Å²) in [4.78, 5) is 14.7. The Hall–Kier alpha value is -2.27. The summed E-state index contributed by atoms with van der Waals surface area (Å²) in [5.74, 6) is 0.719. The van der Waals surface area contributed by atoms with E-state index in [1.807, 2.05) is 54.2 Å². The van der Waals surface area contributed by atoms with E-state index in [1.54, 1.807) is 18.9 Å². The lowest BCUT2D eigenvalue weighted by atomic mass is 9.86. The first-order chi connectivity index (χ1) is 11.4. The number of carbonyl (C=O) groups is 1. The molecule has 5 heteroatoms. The minimum Gasteiger partial charge on any atom is -0.497 e. The van der Waals surface area contributed by atoms with Crippen molar-refractivity contribution in [2.75, 3.05) is 13.7 Å². The lowest BCUT2D eigenvalue weighted by Gasteiger charge is -2.37. The summed E-state index contributed by atoms with van der Waals surface area (Å²) in [6, 6.07) is 10.8. The highest BCUT2D eigenvalue weighted by Gasteiger charge is 2.43. The number of nitrogens with zero attached hydrogens (tertiary/aromatic N) is 2. The number of benzene rings is 1. The number of rotatable bonds is 4. The van der Waals surface area contributed by atoms with Crippen molar-refractivity contribution in [1.82, 2.24) is 9.47 Å². The molecule has 24 heavy (non-hydrogen) atoms. The van der Waals surface area contributed by atoms with E-state index in [-0.39, 0.29) is 11.9 Å². The van der Waals surface area contributed by atoms with Gasteiger partial charge >= 0.3 is 0 Å². The normalized spacial score (nSPS) is 20.0. The Bertz CT molecular complexity index is 718. The molecule has 2 heterocycles. The maximum absolute atomic E-state index is 12.9. The Kier molecular flexibility index (Phi) is 4.37. The van der Waals surface area contributed by atoms with Gasteiger partial charge in [0.25, 0.3) is 5.91 Å². The summed E-state index contributed by atoms with van der Waals surface area (Å²) < 4.78 is 7.00. The van der Waals surface area contributed by atoms with Gasteiger partial charge in [0.2, 0.25) is 0 Å². The van der Waals surface area contributed by atoms with Crippen LogP contribution >= 0.6 is 0 Å². The van der Waals surface area contributed by atoms with Gasteiger partial charge in [0.1, 0.15) is 17.0 Å². The van der Waals surface area contributed by atoms with Gasteiger partial charge in [-0.25, -0.2) is 0 Å². The van der Waals surface area contributed by atoms with Crippen LogP contribution in [0.3, 0.4) is 0 Å². The van der Waals surface area contributed by atoms with Crippen LogP contribution in [0.2, 0.25) is 0 Å². The molecule has 1 saturated heterocycles. The van der Waals surface area contributed by atoms with E-state index >= 15 is 0 Å². The molecule has 3 rings (SSSR count). The molecule has 1 aliphatic rings. The van der Waals surface area contributed by atoms with E-state index in [9.17, 15) is 9.90 Å². The molecule has 2 aromatic rings. The molecule has 0 aliphatic carbocycles. The third-order valence-electron chi connectivity index (χ3n) is 5.00. The molecular weight excluding hydrogens is 304 g/mol. The molecule has 2 atom stereocenters. The predicted molar refractivity (Wildman–Crippen MR) is 92.0 cm³/mol. The first kappa shape index (κ1) is 16.6. The zero-order valence-corrected chi connectivity index (χ0v) is 14.4. The van der Waals surface area contributed by atoms with Gasteiger partial charge in [-0.3, -0.25) is 4.79 Å². The number of methoxy groups -OCH3 is 1. The average molecular weight is 328 g/mol. The predicted octanol–water partition coefficient (Wildman–Crippen LogP) is 2.55. The van der Waals surface area contributed by atoms with E-state index < -0.39 is 5.60 Å². The van der Waals surface area contributed by atoms with Crippen LogP contribution in [-0.2, 0) is 12.6 Å². The molecule has 0 spiro atoms. The maximum atomic E-state index is 12.9. The minimum atomic E-state index is -1.11. The van der Waals surface area contributed by atoms with Crippen LogP contribution in [0.1, 0.15) is 35.8 Å². The van der Waals surface area contributed by atoms with Crippen LogP contribution in [0, 0.1) is 0 Å². The second-order valence-corrected chi connectivity index (χ2v) is 6.54. The van der Waals surface area contributed by atoms with Gasteiger partial charge in [0.05, 0.1) is 13.2 Å². The summed E-state index contributed by atoms with van der Waals surface area (Å²) in [5.41, 5.74) is 0.330. The zero-order chi connectivity index (χ0) is 17.3. The third-order valence-corrected chi connectivity index (χ3v) is 5.00. The van der Waals surface area contributed by atoms with Crippen molar-refractivity contribution in [3.05, 3.63) is 53.9 Å². The minimum absolute atomic E-state index is 0.0289. The summed E-state index contributed by atoms with van der Waals surface area (Å²) in [6.07, 6.45) is 3.54. The SMILES string of the molecule is COc1ccc(C(C)(O)C2CCCN2C(=O)c2cccn2C)cc1. The summed E-state index contributed by atoms with van der Waals surface area (Å²) in [6.45, 7) is 2.46. The van der Waals surface area contributed by atoms with Crippen molar-refractivity contribution in [2.24, 2.45) is 7.05 Å². The van der Waals surface area contributed by atoms with Crippen molar-refractivity contribution >= 4 is 5.91 Å². The largest absolute Gasteiger partial charge is 0.497 e. The van der Waals surface area contributed by atoms with Crippen molar-refractivity contribution in [3.8, 4) is 5.75 Å². The summed E-state index contributed by atoms with van der Waals surface area (Å²) in [7, 11) is 3.48. The molecule has 1 fully saturated rings. The van der Waals surface area contributed by atoms with Crippen molar-refractivity contribution < 1.29 is 14.6 Å². The number of aromatic nitrogens is 1. The fourth-order valence-corrected chi connectivity index (χ4v) is 3.55. The fraction of sp³-hybridized carbons (Fsp3) is 0.421. The van der Waals surface area contributed by atoms with Crippen LogP contribution in [0.4, 0.5) is 0 Å². The van der Waals surface area contributed by atoms with Gasteiger partial charge in [0, 0.05) is 19.8 Å². The summed E-state index contributed by atoms with van der Waals surface area (Å²) in [5, 5.41) is 11.2. The Labute approximate surface area is 142 Å². The maximum Gasteiger partial charge on any atom is 0.270 e. The molecule has 0 saturated carbocycles. The average Bonchev–Trinajstić information content (AvgIpc) is 3.23. The number of aryl methyl sites for hydroxylation is 1.